The Bertz CT molecular complexity index is 765. The van der Waals surface area contributed by atoms with Gasteiger partial charge in [0.15, 0.2) is 0 Å². The number of unbranched alkanes of at least 4 members (excludes halogenated alkanes) is 8. The molecule has 0 aliphatic rings. The summed E-state index contributed by atoms with van der Waals surface area (Å²) < 4.78 is 11.9. The third-order valence-electron chi connectivity index (χ3n) is 7.72. The molecule has 0 radical (unpaired) electrons. The van der Waals surface area contributed by atoms with Gasteiger partial charge in [-0.2, -0.15) is 0 Å². The van der Waals surface area contributed by atoms with Gasteiger partial charge in [-0.1, -0.05) is 101 Å². The van der Waals surface area contributed by atoms with E-state index in [1.165, 1.54) is 113 Å². The molecule has 0 saturated heterocycles. The highest BCUT2D eigenvalue weighted by atomic mass is 16.5. The van der Waals surface area contributed by atoms with Crippen molar-refractivity contribution in [2.75, 3.05) is 53.5 Å². The molecule has 0 aromatic heterocycles. The molecule has 0 bridgehead atoms. The maximum atomic E-state index is 5.94. The Labute approximate surface area is 247 Å². The molecule has 0 atom stereocenters. The smallest absolute Gasteiger partial charge is 0.0716 e. The van der Waals surface area contributed by atoms with Crippen molar-refractivity contribution < 1.29 is 9.47 Å². The van der Waals surface area contributed by atoms with Crippen molar-refractivity contribution >= 4 is 0 Å². The quantitative estimate of drug-likeness (QED) is 0.115. The Morgan fingerprint density at radius 1 is 0.450 bits per heavy atom. The van der Waals surface area contributed by atoms with Gasteiger partial charge in [0.25, 0.3) is 0 Å². The first-order valence-electron chi connectivity index (χ1n) is 16.3. The molecule has 4 nitrogen and oxygen atoms in total. The lowest BCUT2D eigenvalue weighted by molar-refractivity contribution is 0.115. The number of hydrogen-bond donors (Lipinski definition) is 0. The van der Waals surface area contributed by atoms with Crippen LogP contribution in [-0.4, -0.2) is 63.3 Å². The van der Waals surface area contributed by atoms with Gasteiger partial charge in [0.05, 0.1) is 13.2 Å². The summed E-state index contributed by atoms with van der Waals surface area (Å²) in [4.78, 5) is 4.93. The monoisotopic (exact) mass is 552 g/mol. The first-order chi connectivity index (χ1) is 19.6. The summed E-state index contributed by atoms with van der Waals surface area (Å²) in [6.45, 7) is 12.4. The molecule has 4 heteroatoms. The van der Waals surface area contributed by atoms with Gasteiger partial charge in [0.2, 0.25) is 0 Å². The standard InChI is InChI=1S/C36H60N2O2/c1-5-7-9-11-25-37(3)27-13-15-29-39-31-33-17-21-35(22-18-33)36-23-19-34(20-24-36)32-40-30-16-14-28-38(4)26-12-10-8-6-2/h17-24H,5-16,25-32H2,1-4H3. The molecule has 0 spiro atoms. The van der Waals surface area contributed by atoms with E-state index in [-0.39, 0.29) is 0 Å². The highest BCUT2D eigenvalue weighted by Gasteiger charge is 2.03. The fourth-order valence-electron chi connectivity index (χ4n) is 4.98. The van der Waals surface area contributed by atoms with Crippen molar-refractivity contribution in [2.24, 2.45) is 0 Å². The molecule has 0 N–H and O–H groups in total. The van der Waals surface area contributed by atoms with Crippen molar-refractivity contribution in [2.45, 2.75) is 104 Å². The molecule has 0 fully saturated rings. The van der Waals surface area contributed by atoms with Crippen molar-refractivity contribution in [3.05, 3.63) is 59.7 Å². The summed E-state index contributed by atoms with van der Waals surface area (Å²) in [5.74, 6) is 0. The first-order valence-corrected chi connectivity index (χ1v) is 16.3. The maximum absolute atomic E-state index is 5.94. The third-order valence-corrected chi connectivity index (χ3v) is 7.72. The van der Waals surface area contributed by atoms with Crippen LogP contribution in [0.3, 0.4) is 0 Å². The minimum absolute atomic E-state index is 0.693. The second-order valence-corrected chi connectivity index (χ2v) is 11.6. The Balaban J connectivity index is 1.54. The second-order valence-electron chi connectivity index (χ2n) is 11.6. The molecule has 0 heterocycles. The molecule has 0 saturated carbocycles. The van der Waals surface area contributed by atoms with Gasteiger partial charge in [0, 0.05) is 13.2 Å². The fraction of sp³-hybridized carbons (Fsp3) is 0.667. The van der Waals surface area contributed by atoms with E-state index in [0.29, 0.717) is 13.2 Å². The molecule has 2 aromatic carbocycles. The van der Waals surface area contributed by atoms with Crippen LogP contribution in [0.4, 0.5) is 0 Å². The van der Waals surface area contributed by atoms with Crippen LogP contribution in [0.2, 0.25) is 0 Å². The number of nitrogens with zero attached hydrogens (tertiary/aromatic N) is 2. The molecule has 0 aliphatic carbocycles. The van der Waals surface area contributed by atoms with Gasteiger partial charge >= 0.3 is 0 Å². The summed E-state index contributed by atoms with van der Waals surface area (Å²) in [6.07, 6.45) is 15.4. The van der Waals surface area contributed by atoms with Crippen LogP contribution in [0.15, 0.2) is 48.5 Å². The number of ether oxygens (including phenoxy) is 2. The highest BCUT2D eigenvalue weighted by Crippen LogP contribution is 2.21. The molecule has 226 valence electrons. The first kappa shape index (κ1) is 34.5. The van der Waals surface area contributed by atoms with Crippen LogP contribution in [0.5, 0.6) is 0 Å². The maximum Gasteiger partial charge on any atom is 0.0716 e. The number of benzene rings is 2. The lowest BCUT2D eigenvalue weighted by Gasteiger charge is -2.16. The van der Waals surface area contributed by atoms with E-state index >= 15 is 0 Å². The van der Waals surface area contributed by atoms with E-state index in [9.17, 15) is 0 Å². The largest absolute Gasteiger partial charge is 0.377 e. The average Bonchev–Trinajstić information content (AvgIpc) is 2.98. The minimum atomic E-state index is 0.693. The Morgan fingerprint density at radius 3 is 1.15 bits per heavy atom. The zero-order valence-electron chi connectivity index (χ0n) is 26.5. The fourth-order valence-corrected chi connectivity index (χ4v) is 4.98. The van der Waals surface area contributed by atoms with Gasteiger partial charge < -0.3 is 19.3 Å². The van der Waals surface area contributed by atoms with E-state index in [2.05, 4.69) is 86.3 Å². The summed E-state index contributed by atoms with van der Waals surface area (Å²) >= 11 is 0. The molecule has 0 unspecified atom stereocenters. The summed E-state index contributed by atoms with van der Waals surface area (Å²) in [6, 6.07) is 17.6. The molecule has 40 heavy (non-hydrogen) atoms. The van der Waals surface area contributed by atoms with Gasteiger partial charge in [-0.15, -0.1) is 0 Å². The van der Waals surface area contributed by atoms with E-state index in [4.69, 9.17) is 9.47 Å². The molecular formula is C36H60N2O2. The van der Waals surface area contributed by atoms with Crippen LogP contribution in [0.25, 0.3) is 11.1 Å². The van der Waals surface area contributed by atoms with E-state index in [1.807, 2.05) is 0 Å². The van der Waals surface area contributed by atoms with Crippen LogP contribution in [-0.2, 0) is 22.7 Å². The van der Waals surface area contributed by atoms with Gasteiger partial charge in [-0.25, -0.2) is 0 Å². The van der Waals surface area contributed by atoms with E-state index in [1.54, 1.807) is 0 Å². The highest BCUT2D eigenvalue weighted by molar-refractivity contribution is 5.63. The van der Waals surface area contributed by atoms with Crippen LogP contribution in [0, 0.1) is 0 Å². The Hall–Kier alpha value is -1.72. The average molecular weight is 553 g/mol. The predicted molar refractivity (Wildman–Crippen MR) is 173 cm³/mol. The van der Waals surface area contributed by atoms with Gasteiger partial charge in [0.1, 0.15) is 0 Å². The van der Waals surface area contributed by atoms with Crippen molar-refractivity contribution in [3.8, 4) is 11.1 Å². The summed E-state index contributed by atoms with van der Waals surface area (Å²) in [5, 5.41) is 0. The van der Waals surface area contributed by atoms with E-state index < -0.39 is 0 Å². The van der Waals surface area contributed by atoms with Crippen LogP contribution >= 0.6 is 0 Å². The third kappa shape index (κ3) is 16.5. The SMILES string of the molecule is CCCCCCN(C)CCCCOCc1ccc(-c2ccc(COCCCCN(C)CCCCCC)cc2)cc1. The Kier molecular flexibility index (Phi) is 19.7. The Morgan fingerprint density at radius 2 is 0.800 bits per heavy atom. The van der Waals surface area contributed by atoms with Crippen LogP contribution in [0.1, 0.15) is 102 Å². The lowest BCUT2D eigenvalue weighted by atomic mass is 10.0. The number of rotatable bonds is 25. The molecular weight excluding hydrogens is 492 g/mol. The van der Waals surface area contributed by atoms with Gasteiger partial charge in [-0.05, 0) is 101 Å². The summed E-state index contributed by atoms with van der Waals surface area (Å²) in [7, 11) is 4.49. The molecule has 0 aliphatic heterocycles. The second kappa shape index (κ2) is 22.9. The zero-order valence-corrected chi connectivity index (χ0v) is 26.5. The molecule has 2 aromatic rings. The van der Waals surface area contributed by atoms with Crippen molar-refractivity contribution in [1.29, 1.82) is 0 Å². The number of hydrogen-bond acceptors (Lipinski definition) is 4. The topological polar surface area (TPSA) is 24.9 Å². The van der Waals surface area contributed by atoms with E-state index in [0.717, 1.165) is 26.1 Å². The van der Waals surface area contributed by atoms with Crippen LogP contribution < -0.4 is 0 Å². The zero-order chi connectivity index (χ0) is 28.7. The van der Waals surface area contributed by atoms with Crippen molar-refractivity contribution in [3.63, 3.8) is 0 Å². The van der Waals surface area contributed by atoms with Crippen molar-refractivity contribution in [1.82, 2.24) is 9.80 Å². The van der Waals surface area contributed by atoms with Gasteiger partial charge in [-0.3, -0.25) is 0 Å². The minimum Gasteiger partial charge on any atom is -0.377 e. The molecule has 2 rings (SSSR count). The normalized spacial score (nSPS) is 11.7. The summed E-state index contributed by atoms with van der Waals surface area (Å²) in [5.41, 5.74) is 4.98. The molecule has 0 amide bonds. The predicted octanol–water partition coefficient (Wildman–Crippen LogP) is 8.97. The lowest BCUT2D eigenvalue weighted by Crippen LogP contribution is -2.21.